The summed E-state index contributed by atoms with van der Waals surface area (Å²) in [7, 11) is 0. The quantitative estimate of drug-likeness (QED) is 0.592. The lowest BCUT2D eigenvalue weighted by Crippen LogP contribution is -2.40. The topological polar surface area (TPSA) is 17.1 Å². The van der Waals surface area contributed by atoms with E-state index in [0.29, 0.717) is 16.6 Å². The molecule has 0 saturated heterocycles. The maximum Gasteiger partial charge on any atom is 0.139 e. The van der Waals surface area contributed by atoms with E-state index in [4.69, 9.17) is 0 Å². The molecule has 15 heavy (non-hydrogen) atoms. The van der Waals surface area contributed by atoms with Crippen molar-refractivity contribution in [2.75, 3.05) is 0 Å². The Labute approximate surface area is 92.6 Å². The zero-order valence-corrected chi connectivity index (χ0v) is 10.2. The fraction of sp³-hybridized carbons (Fsp3) is 0.929. The Bertz CT molecular complexity index is 330. The van der Waals surface area contributed by atoms with Gasteiger partial charge in [0.1, 0.15) is 5.78 Å². The van der Waals surface area contributed by atoms with Gasteiger partial charge in [-0.1, -0.05) is 27.2 Å². The molecule has 1 heteroatoms. The summed E-state index contributed by atoms with van der Waals surface area (Å²) in [6.45, 7) is 6.84. The molecule has 0 bridgehead atoms. The van der Waals surface area contributed by atoms with Crippen LogP contribution in [0.15, 0.2) is 0 Å². The van der Waals surface area contributed by atoms with Crippen molar-refractivity contribution < 1.29 is 4.79 Å². The van der Waals surface area contributed by atoms with E-state index in [1.165, 1.54) is 32.1 Å². The molecule has 0 aromatic rings. The van der Waals surface area contributed by atoms with Crippen LogP contribution in [0.1, 0.15) is 59.3 Å². The molecule has 3 aliphatic rings. The van der Waals surface area contributed by atoms with Gasteiger partial charge in [0.15, 0.2) is 0 Å². The van der Waals surface area contributed by atoms with Gasteiger partial charge in [-0.05, 0) is 42.4 Å². The second-order valence-corrected chi connectivity index (χ2v) is 6.76. The average molecular weight is 206 g/mol. The van der Waals surface area contributed by atoms with Gasteiger partial charge in [-0.25, -0.2) is 0 Å². The Morgan fingerprint density at radius 3 is 2.60 bits per heavy atom. The number of carbonyl (C=O) groups excluding carboxylic acids is 1. The largest absolute Gasteiger partial charge is 0.299 e. The van der Waals surface area contributed by atoms with E-state index in [1.807, 2.05) is 0 Å². The summed E-state index contributed by atoms with van der Waals surface area (Å²) in [6.07, 6.45) is 7.56. The first kappa shape index (κ1) is 9.86. The lowest BCUT2D eigenvalue weighted by molar-refractivity contribution is -0.128. The lowest BCUT2D eigenvalue weighted by atomic mass is 9.59. The molecule has 3 fully saturated rings. The van der Waals surface area contributed by atoms with Crippen LogP contribution in [-0.4, -0.2) is 5.78 Å². The van der Waals surface area contributed by atoms with Crippen LogP contribution >= 0.6 is 0 Å². The maximum atomic E-state index is 12.3. The Balaban J connectivity index is 2.19. The highest BCUT2D eigenvalue weighted by Crippen LogP contribution is 2.77. The van der Waals surface area contributed by atoms with Crippen LogP contribution in [0.2, 0.25) is 0 Å². The third-order valence-electron chi connectivity index (χ3n) is 6.50. The van der Waals surface area contributed by atoms with E-state index in [1.54, 1.807) is 0 Å². The highest BCUT2D eigenvalue weighted by atomic mass is 16.1. The minimum absolute atomic E-state index is 0.0335. The summed E-state index contributed by atoms with van der Waals surface area (Å²) >= 11 is 0. The minimum atomic E-state index is -0.0335. The third-order valence-corrected chi connectivity index (χ3v) is 6.50. The summed E-state index contributed by atoms with van der Waals surface area (Å²) in [5, 5.41) is 0. The number of rotatable bonds is 0. The van der Waals surface area contributed by atoms with Gasteiger partial charge in [-0.3, -0.25) is 4.79 Å². The summed E-state index contributed by atoms with van der Waals surface area (Å²) in [5.41, 5.74) is 0.762. The first-order chi connectivity index (χ1) is 6.96. The molecule has 3 atom stereocenters. The van der Waals surface area contributed by atoms with Gasteiger partial charge in [0, 0.05) is 11.8 Å². The van der Waals surface area contributed by atoms with E-state index < -0.39 is 0 Å². The predicted octanol–water partition coefficient (Wildman–Crippen LogP) is 3.57. The second kappa shape index (κ2) is 2.49. The van der Waals surface area contributed by atoms with Crippen molar-refractivity contribution in [3.8, 4) is 0 Å². The van der Waals surface area contributed by atoms with Crippen LogP contribution in [-0.2, 0) is 4.79 Å². The Kier molecular flexibility index (Phi) is 1.64. The molecular formula is C14H22O. The van der Waals surface area contributed by atoms with E-state index in [9.17, 15) is 4.79 Å². The predicted molar refractivity (Wildman–Crippen MR) is 60.5 cm³/mol. The number of hydrogen-bond acceptors (Lipinski definition) is 1. The van der Waals surface area contributed by atoms with Crippen LogP contribution in [0.3, 0.4) is 0 Å². The molecule has 0 aromatic heterocycles. The van der Waals surface area contributed by atoms with Gasteiger partial charge in [0.2, 0.25) is 0 Å². The fourth-order valence-corrected chi connectivity index (χ4v) is 5.48. The summed E-state index contributed by atoms with van der Waals surface area (Å²) in [6, 6.07) is 0. The lowest BCUT2D eigenvalue weighted by Gasteiger charge is -2.43. The van der Waals surface area contributed by atoms with Crippen molar-refractivity contribution in [2.24, 2.45) is 22.2 Å². The molecule has 0 spiro atoms. The van der Waals surface area contributed by atoms with Crippen molar-refractivity contribution in [3.05, 3.63) is 0 Å². The minimum Gasteiger partial charge on any atom is -0.299 e. The van der Waals surface area contributed by atoms with Crippen LogP contribution < -0.4 is 0 Å². The zero-order chi connectivity index (χ0) is 10.9. The van der Waals surface area contributed by atoms with Crippen molar-refractivity contribution in [2.45, 2.75) is 59.3 Å². The molecule has 0 amide bonds. The summed E-state index contributed by atoms with van der Waals surface area (Å²) < 4.78 is 0. The Hall–Kier alpha value is -0.330. The van der Waals surface area contributed by atoms with Gasteiger partial charge in [0.25, 0.3) is 0 Å². The van der Waals surface area contributed by atoms with Gasteiger partial charge in [-0.15, -0.1) is 0 Å². The Morgan fingerprint density at radius 2 is 1.93 bits per heavy atom. The molecule has 0 aromatic carbocycles. The van der Waals surface area contributed by atoms with E-state index in [0.717, 1.165) is 12.3 Å². The zero-order valence-electron chi connectivity index (χ0n) is 10.2. The number of hydrogen-bond donors (Lipinski definition) is 0. The Morgan fingerprint density at radius 1 is 1.20 bits per heavy atom. The monoisotopic (exact) mass is 206 g/mol. The van der Waals surface area contributed by atoms with Crippen LogP contribution in [0.4, 0.5) is 0 Å². The first-order valence-corrected chi connectivity index (χ1v) is 6.50. The molecule has 0 unspecified atom stereocenters. The normalized spacial score (nSPS) is 51.9. The molecule has 3 saturated carbocycles. The van der Waals surface area contributed by atoms with Crippen molar-refractivity contribution in [1.29, 1.82) is 0 Å². The standard InChI is InChI=1S/C14H22O/c1-10-5-8-14-7-4-6-13(10,14)9-11(15)12(14,2)3/h10H,4-9H2,1-3H3/t10-,13-,14+/m0/s1. The van der Waals surface area contributed by atoms with Crippen molar-refractivity contribution in [3.63, 3.8) is 0 Å². The van der Waals surface area contributed by atoms with Crippen molar-refractivity contribution >= 4 is 5.78 Å². The van der Waals surface area contributed by atoms with Crippen molar-refractivity contribution in [1.82, 2.24) is 0 Å². The molecule has 3 rings (SSSR count). The highest BCUT2D eigenvalue weighted by molar-refractivity contribution is 5.89. The van der Waals surface area contributed by atoms with E-state index >= 15 is 0 Å². The number of Topliss-reactive ketones (excluding diaryl/α,β-unsaturated/α-hetero) is 1. The molecule has 1 nitrogen and oxygen atoms in total. The van der Waals surface area contributed by atoms with Gasteiger partial charge < -0.3 is 0 Å². The van der Waals surface area contributed by atoms with Crippen LogP contribution in [0.5, 0.6) is 0 Å². The molecular weight excluding hydrogens is 184 g/mol. The molecule has 3 aliphatic carbocycles. The smallest absolute Gasteiger partial charge is 0.139 e. The van der Waals surface area contributed by atoms with Crippen LogP contribution in [0.25, 0.3) is 0 Å². The van der Waals surface area contributed by atoms with E-state index in [-0.39, 0.29) is 5.41 Å². The third kappa shape index (κ3) is 0.786. The van der Waals surface area contributed by atoms with E-state index in [2.05, 4.69) is 20.8 Å². The number of ketones is 1. The van der Waals surface area contributed by atoms with Crippen LogP contribution in [0, 0.1) is 22.2 Å². The SMILES string of the molecule is C[C@H]1CC[C@@]23CCC[C@]12CC(=O)C3(C)C. The van der Waals surface area contributed by atoms with Gasteiger partial charge in [0.05, 0.1) is 0 Å². The van der Waals surface area contributed by atoms with Gasteiger partial charge >= 0.3 is 0 Å². The molecule has 84 valence electrons. The maximum absolute atomic E-state index is 12.3. The summed E-state index contributed by atoms with van der Waals surface area (Å²) in [5.74, 6) is 1.33. The second-order valence-electron chi connectivity index (χ2n) is 6.76. The molecule has 0 heterocycles. The molecule has 0 N–H and O–H groups in total. The summed E-state index contributed by atoms with van der Waals surface area (Å²) in [4.78, 5) is 12.3. The molecule has 0 radical (unpaired) electrons. The number of carbonyl (C=O) groups is 1. The first-order valence-electron chi connectivity index (χ1n) is 6.50. The fourth-order valence-electron chi connectivity index (χ4n) is 5.48. The van der Waals surface area contributed by atoms with Gasteiger partial charge in [-0.2, -0.15) is 0 Å². The molecule has 0 aliphatic heterocycles. The highest BCUT2D eigenvalue weighted by Gasteiger charge is 2.72. The average Bonchev–Trinajstić information content (AvgIpc) is 2.69.